The van der Waals surface area contributed by atoms with Gasteiger partial charge in [0.1, 0.15) is 17.2 Å². The Labute approximate surface area is 136 Å². The smallest absolute Gasteiger partial charge is 0.261 e. The van der Waals surface area contributed by atoms with Gasteiger partial charge in [-0.2, -0.15) is 0 Å². The predicted molar refractivity (Wildman–Crippen MR) is 87.9 cm³/mol. The normalized spacial score (nSPS) is 11.4. The average Bonchev–Trinajstić information content (AvgIpc) is 2.60. The molecule has 0 bridgehead atoms. The third kappa shape index (κ3) is 4.92. The van der Waals surface area contributed by atoms with Crippen LogP contribution in [0.15, 0.2) is 48.5 Å². The van der Waals surface area contributed by atoms with Crippen molar-refractivity contribution in [1.29, 1.82) is 0 Å². The van der Waals surface area contributed by atoms with Crippen molar-refractivity contribution in [2.45, 2.75) is 19.6 Å². The molecule has 0 saturated heterocycles. The number of methoxy groups -OCH3 is 2. The summed E-state index contributed by atoms with van der Waals surface area (Å²) in [6.45, 7) is 2.15. The minimum Gasteiger partial charge on any atom is -0.497 e. The lowest BCUT2D eigenvalue weighted by Crippen LogP contribution is -2.35. The van der Waals surface area contributed by atoms with Crippen molar-refractivity contribution in [3.8, 4) is 17.2 Å². The van der Waals surface area contributed by atoms with E-state index in [1.54, 1.807) is 33.3 Å². The van der Waals surface area contributed by atoms with Crippen molar-refractivity contribution in [3.63, 3.8) is 0 Å². The monoisotopic (exact) mass is 315 g/mol. The largest absolute Gasteiger partial charge is 0.497 e. The van der Waals surface area contributed by atoms with E-state index in [9.17, 15) is 4.79 Å². The molecule has 0 fully saturated rings. The first-order valence-electron chi connectivity index (χ1n) is 7.33. The Bertz CT molecular complexity index is 640. The number of carbonyl (C=O) groups excluding carboxylic acids is 1. The average molecular weight is 315 g/mol. The fourth-order valence-corrected chi connectivity index (χ4v) is 2.01. The Morgan fingerprint density at radius 2 is 1.65 bits per heavy atom. The van der Waals surface area contributed by atoms with Gasteiger partial charge >= 0.3 is 0 Å². The molecule has 122 valence electrons. The summed E-state index contributed by atoms with van der Waals surface area (Å²) in [4.78, 5) is 12.1. The second-order valence-electron chi connectivity index (χ2n) is 5.00. The zero-order valence-corrected chi connectivity index (χ0v) is 13.5. The predicted octanol–water partition coefficient (Wildman–Crippen LogP) is 2.79. The summed E-state index contributed by atoms with van der Waals surface area (Å²) in [7, 11) is 3.21. The number of nitrogens with one attached hydrogen (secondary N) is 1. The van der Waals surface area contributed by atoms with Crippen LogP contribution >= 0.6 is 0 Å². The third-order valence-electron chi connectivity index (χ3n) is 3.35. The fourth-order valence-electron chi connectivity index (χ4n) is 2.01. The van der Waals surface area contributed by atoms with E-state index in [4.69, 9.17) is 14.2 Å². The first-order chi connectivity index (χ1) is 11.1. The van der Waals surface area contributed by atoms with Crippen LogP contribution in [0.1, 0.15) is 12.5 Å². The maximum Gasteiger partial charge on any atom is 0.261 e. The first-order valence-corrected chi connectivity index (χ1v) is 7.33. The molecule has 0 aliphatic heterocycles. The van der Waals surface area contributed by atoms with Crippen molar-refractivity contribution in [1.82, 2.24) is 5.32 Å². The maximum absolute atomic E-state index is 12.1. The number of rotatable bonds is 7. The molecule has 1 amide bonds. The number of benzene rings is 2. The number of hydrogen-bond donors (Lipinski definition) is 1. The molecule has 1 atom stereocenters. The third-order valence-corrected chi connectivity index (χ3v) is 3.35. The molecule has 0 spiro atoms. The molecular formula is C18H21NO4. The van der Waals surface area contributed by atoms with E-state index in [1.165, 1.54) is 0 Å². The second-order valence-corrected chi connectivity index (χ2v) is 5.00. The van der Waals surface area contributed by atoms with Gasteiger partial charge in [0.2, 0.25) is 0 Å². The zero-order valence-electron chi connectivity index (χ0n) is 13.5. The second kappa shape index (κ2) is 8.08. The van der Waals surface area contributed by atoms with Crippen molar-refractivity contribution >= 4 is 5.91 Å². The van der Waals surface area contributed by atoms with E-state index < -0.39 is 6.10 Å². The molecule has 0 aromatic heterocycles. The Hall–Kier alpha value is -2.69. The lowest BCUT2D eigenvalue weighted by Gasteiger charge is -2.15. The van der Waals surface area contributed by atoms with Gasteiger partial charge in [-0.3, -0.25) is 4.79 Å². The van der Waals surface area contributed by atoms with Gasteiger partial charge < -0.3 is 19.5 Å². The highest BCUT2D eigenvalue weighted by molar-refractivity contribution is 5.80. The van der Waals surface area contributed by atoms with E-state index in [0.29, 0.717) is 18.0 Å². The fraction of sp³-hybridized carbons (Fsp3) is 0.278. The molecule has 0 aliphatic rings. The Morgan fingerprint density at radius 3 is 2.30 bits per heavy atom. The van der Waals surface area contributed by atoms with E-state index in [0.717, 1.165) is 11.3 Å². The van der Waals surface area contributed by atoms with Crippen LogP contribution < -0.4 is 19.5 Å². The Morgan fingerprint density at radius 1 is 1.00 bits per heavy atom. The molecule has 2 aromatic carbocycles. The first kappa shape index (κ1) is 16.7. The van der Waals surface area contributed by atoms with Crippen molar-refractivity contribution in [3.05, 3.63) is 54.1 Å². The van der Waals surface area contributed by atoms with Gasteiger partial charge in [-0.05, 0) is 36.8 Å². The zero-order chi connectivity index (χ0) is 16.7. The molecule has 2 rings (SSSR count). The summed E-state index contributed by atoms with van der Waals surface area (Å²) in [5.74, 6) is 1.89. The summed E-state index contributed by atoms with van der Waals surface area (Å²) in [5, 5.41) is 2.85. The van der Waals surface area contributed by atoms with Gasteiger partial charge in [-0.15, -0.1) is 0 Å². The molecule has 1 N–H and O–H groups in total. The number of hydrogen-bond acceptors (Lipinski definition) is 4. The summed E-state index contributed by atoms with van der Waals surface area (Å²) in [5.41, 5.74) is 0.993. The van der Waals surface area contributed by atoms with Gasteiger partial charge in [-0.25, -0.2) is 0 Å². The summed E-state index contributed by atoms with van der Waals surface area (Å²) in [6.07, 6.45) is -0.597. The van der Waals surface area contributed by atoms with E-state index in [2.05, 4.69) is 5.32 Å². The lowest BCUT2D eigenvalue weighted by molar-refractivity contribution is -0.127. The van der Waals surface area contributed by atoms with Gasteiger partial charge in [0.05, 0.1) is 14.2 Å². The SMILES string of the molecule is COc1ccc(CNC(=O)C(C)Oc2cccc(OC)c2)cc1. The lowest BCUT2D eigenvalue weighted by atomic mass is 10.2. The summed E-state index contributed by atoms with van der Waals surface area (Å²) >= 11 is 0. The summed E-state index contributed by atoms with van der Waals surface area (Å²) in [6, 6.07) is 14.7. The molecule has 0 saturated carbocycles. The molecule has 23 heavy (non-hydrogen) atoms. The minimum absolute atomic E-state index is 0.177. The number of ether oxygens (including phenoxy) is 3. The van der Waals surface area contributed by atoms with Crippen LogP contribution in [0.3, 0.4) is 0 Å². The van der Waals surface area contributed by atoms with Crippen LogP contribution in [0, 0.1) is 0 Å². The van der Waals surface area contributed by atoms with Crippen molar-refractivity contribution in [2.24, 2.45) is 0 Å². The highest BCUT2D eigenvalue weighted by atomic mass is 16.5. The quantitative estimate of drug-likeness (QED) is 0.853. The molecule has 0 aliphatic carbocycles. The number of carbonyl (C=O) groups is 1. The molecule has 0 radical (unpaired) electrons. The number of amides is 1. The van der Waals surface area contributed by atoms with Crippen LogP contribution in [0.25, 0.3) is 0 Å². The van der Waals surface area contributed by atoms with E-state index >= 15 is 0 Å². The molecule has 0 heterocycles. The highest BCUT2D eigenvalue weighted by Gasteiger charge is 2.14. The molecule has 2 aromatic rings. The van der Waals surface area contributed by atoms with E-state index in [1.807, 2.05) is 36.4 Å². The van der Waals surface area contributed by atoms with Crippen molar-refractivity contribution < 1.29 is 19.0 Å². The van der Waals surface area contributed by atoms with Crippen LogP contribution in [0.4, 0.5) is 0 Å². The van der Waals surface area contributed by atoms with E-state index in [-0.39, 0.29) is 5.91 Å². The minimum atomic E-state index is -0.597. The van der Waals surface area contributed by atoms with Crippen LogP contribution in [-0.2, 0) is 11.3 Å². The molecule has 5 nitrogen and oxygen atoms in total. The van der Waals surface area contributed by atoms with Crippen LogP contribution in [0.2, 0.25) is 0 Å². The molecule has 5 heteroatoms. The van der Waals surface area contributed by atoms with Gasteiger partial charge in [-0.1, -0.05) is 18.2 Å². The molecule has 1 unspecified atom stereocenters. The Kier molecular flexibility index (Phi) is 5.86. The standard InChI is InChI=1S/C18H21NO4/c1-13(23-17-6-4-5-16(11-17)22-3)18(20)19-12-14-7-9-15(21-2)10-8-14/h4-11,13H,12H2,1-3H3,(H,19,20). The summed E-state index contributed by atoms with van der Waals surface area (Å²) < 4.78 is 15.9. The maximum atomic E-state index is 12.1. The van der Waals surface area contributed by atoms with Crippen LogP contribution in [0.5, 0.6) is 17.2 Å². The highest BCUT2D eigenvalue weighted by Crippen LogP contribution is 2.20. The van der Waals surface area contributed by atoms with Gasteiger partial charge in [0.25, 0.3) is 5.91 Å². The topological polar surface area (TPSA) is 56.8 Å². The van der Waals surface area contributed by atoms with Crippen LogP contribution in [-0.4, -0.2) is 26.2 Å². The van der Waals surface area contributed by atoms with Crippen molar-refractivity contribution in [2.75, 3.05) is 14.2 Å². The Balaban J connectivity index is 1.86. The molecular weight excluding hydrogens is 294 g/mol. The van der Waals surface area contributed by atoms with Gasteiger partial charge in [0.15, 0.2) is 6.10 Å². The van der Waals surface area contributed by atoms with Gasteiger partial charge in [0, 0.05) is 12.6 Å².